The smallest absolute Gasteiger partial charge is 0.0970 e. The Bertz CT molecular complexity index is 4620. The summed E-state index contributed by atoms with van der Waals surface area (Å²) in [6, 6.07) is 66.0. The molecule has 0 unspecified atom stereocenters. The highest BCUT2D eigenvalue weighted by Crippen LogP contribution is 2.60. The molecule has 13 aromatic rings. The van der Waals surface area contributed by atoms with Gasteiger partial charge in [0.2, 0.25) is 0 Å². The molecule has 2 bridgehead atoms. The van der Waals surface area contributed by atoms with E-state index in [2.05, 4.69) is 205 Å². The van der Waals surface area contributed by atoms with Crippen LogP contribution >= 0.6 is 0 Å². The lowest BCUT2D eigenvalue weighted by molar-refractivity contribution is 0.172. The molecule has 0 radical (unpaired) electrons. The Hall–Kier alpha value is -7.94. The highest BCUT2D eigenvalue weighted by atomic mass is 14.7. The second-order valence-corrected chi connectivity index (χ2v) is 25.4. The van der Waals surface area contributed by atoms with E-state index < -0.39 is 0 Å². The molecule has 0 saturated heterocycles. The first-order valence-electron chi connectivity index (χ1n) is 28.4. The molecule has 0 aliphatic heterocycles. The average Bonchev–Trinajstić information content (AvgIpc) is 3.51. The molecule has 4 aliphatic rings. The van der Waals surface area contributed by atoms with Gasteiger partial charge in [0.1, 0.15) is 0 Å². The van der Waals surface area contributed by atoms with E-state index in [4.69, 9.17) is 9.97 Å². The van der Waals surface area contributed by atoms with Crippen molar-refractivity contribution in [3.05, 3.63) is 216 Å². The number of hydrogen-bond acceptors (Lipinski definition) is 2. The molecule has 1 saturated carbocycles. The molecule has 2 heterocycles. The summed E-state index contributed by atoms with van der Waals surface area (Å²) in [6.45, 7) is 14.7. The van der Waals surface area contributed by atoms with Gasteiger partial charge in [-0.2, -0.15) is 0 Å². The number of nitrogens with zero attached hydrogens (tertiary/aromatic N) is 2. The predicted molar refractivity (Wildman–Crippen MR) is 327 cm³/mol. The summed E-state index contributed by atoms with van der Waals surface area (Å²) in [6.07, 6.45) is 12.1. The van der Waals surface area contributed by atoms with Gasteiger partial charge >= 0.3 is 0 Å². The summed E-state index contributed by atoms with van der Waals surface area (Å²) < 4.78 is 0. The molecule has 0 spiro atoms. The third kappa shape index (κ3) is 6.30. The summed E-state index contributed by atoms with van der Waals surface area (Å²) in [7, 11) is 0. The van der Waals surface area contributed by atoms with Crippen molar-refractivity contribution in [1.82, 2.24) is 9.97 Å². The molecule has 372 valence electrons. The van der Waals surface area contributed by atoms with E-state index in [-0.39, 0.29) is 21.7 Å². The summed E-state index contributed by atoms with van der Waals surface area (Å²) in [5, 5.41) is 18.4. The topological polar surface area (TPSA) is 25.8 Å². The van der Waals surface area contributed by atoms with E-state index in [9.17, 15) is 0 Å². The number of rotatable bonds is 5. The van der Waals surface area contributed by atoms with E-state index in [1.165, 1.54) is 159 Å². The minimum absolute atomic E-state index is 0.0670. The van der Waals surface area contributed by atoms with E-state index >= 15 is 0 Å². The van der Waals surface area contributed by atoms with Crippen LogP contribution < -0.4 is 0 Å². The standard InChI is InChI=1S/C75H62N2/c1-44-39-63-64(73(4,5)32-31-72(63,2)3)42-60(44)49-28-29-58-57-27-25-47(48-20-11-22-55(67(48)57)56-23-12-21-50(49)68(56)58)43-75-35-33-74(6,34-36-75)65-41-45(26-30-62(65)75)66-51-16-7-9-18-53(51)69(54-19-10-8-17-52(54)66)61-40-46-15-13-37-76-70(46)71-59(61)24-14-38-77-71/h7-30,37-42H,31-36,43H2,1-6H3. The fourth-order valence-electron chi connectivity index (χ4n) is 16.0. The molecule has 1 fully saturated rings. The van der Waals surface area contributed by atoms with Gasteiger partial charge in [-0.1, -0.05) is 186 Å². The van der Waals surface area contributed by atoms with Gasteiger partial charge in [-0.15, -0.1) is 0 Å². The van der Waals surface area contributed by atoms with Gasteiger partial charge < -0.3 is 0 Å². The van der Waals surface area contributed by atoms with Crippen LogP contribution in [-0.4, -0.2) is 9.97 Å². The lowest BCUT2D eigenvalue weighted by atomic mass is 9.50. The van der Waals surface area contributed by atoms with Gasteiger partial charge in [0.05, 0.1) is 11.0 Å². The lowest BCUT2D eigenvalue weighted by Gasteiger charge is -2.54. The molecule has 4 aliphatic carbocycles. The Morgan fingerprint density at radius 1 is 0.377 bits per heavy atom. The first-order valence-corrected chi connectivity index (χ1v) is 28.4. The van der Waals surface area contributed by atoms with Gasteiger partial charge in [0, 0.05) is 23.2 Å². The van der Waals surface area contributed by atoms with Crippen LogP contribution in [0.15, 0.2) is 182 Å². The third-order valence-electron chi connectivity index (χ3n) is 20.3. The number of benzene rings is 11. The number of aryl methyl sites for hydroxylation is 1. The van der Waals surface area contributed by atoms with Crippen LogP contribution in [0, 0.1) is 6.92 Å². The molecule has 0 atom stereocenters. The van der Waals surface area contributed by atoms with Crippen molar-refractivity contribution in [1.29, 1.82) is 0 Å². The first kappa shape index (κ1) is 45.3. The molecule has 11 aromatic carbocycles. The van der Waals surface area contributed by atoms with E-state index in [0.717, 1.165) is 28.2 Å². The Balaban J connectivity index is 0.829. The molecule has 0 amide bonds. The maximum absolute atomic E-state index is 4.93. The normalized spacial score (nSPS) is 19.6. The Morgan fingerprint density at radius 3 is 1.64 bits per heavy atom. The van der Waals surface area contributed by atoms with Gasteiger partial charge in [-0.3, -0.25) is 9.97 Å². The Labute approximate surface area is 451 Å². The van der Waals surface area contributed by atoms with E-state index in [0.29, 0.717) is 0 Å². The lowest BCUT2D eigenvalue weighted by Crippen LogP contribution is -2.47. The molecule has 17 rings (SSSR count). The predicted octanol–water partition coefficient (Wildman–Crippen LogP) is 20.1. The zero-order chi connectivity index (χ0) is 51.7. The third-order valence-corrected chi connectivity index (χ3v) is 20.3. The minimum Gasteiger partial charge on any atom is -0.254 e. The summed E-state index contributed by atoms with van der Waals surface area (Å²) in [5.74, 6) is 0. The number of pyridine rings is 2. The van der Waals surface area contributed by atoms with Crippen LogP contribution in [0.25, 0.3) is 120 Å². The minimum atomic E-state index is 0.0670. The molecular weight excluding hydrogens is 929 g/mol. The zero-order valence-corrected chi connectivity index (χ0v) is 45.2. The highest BCUT2D eigenvalue weighted by Gasteiger charge is 2.50. The van der Waals surface area contributed by atoms with Crippen molar-refractivity contribution in [2.45, 2.75) is 108 Å². The monoisotopic (exact) mass is 990 g/mol. The maximum atomic E-state index is 4.93. The summed E-state index contributed by atoms with van der Waals surface area (Å²) >= 11 is 0. The fraction of sp³-hybridized carbons (Fsp3) is 0.227. The Kier molecular flexibility index (Phi) is 9.31. The SMILES string of the molecule is Cc1cc2c(cc1-c1ccc3c4ccc(CC56CCC(C)(CC5)c5cc(-c7c8ccccc8c(-c8cc9cccnc9c9ncccc89)c8ccccc78)ccc56)c5cccc(c6cccc1c63)c54)C(C)(C)CCC2(C)C. The second kappa shape index (κ2) is 15.8. The molecule has 2 nitrogen and oxygen atoms in total. The number of aromatic nitrogens is 2. The van der Waals surface area contributed by atoms with Crippen LogP contribution in [0.5, 0.6) is 0 Å². The number of fused-ring (bicyclic) bond motifs is 10. The van der Waals surface area contributed by atoms with Crippen LogP contribution in [0.2, 0.25) is 0 Å². The first-order chi connectivity index (χ1) is 37.4. The quantitative estimate of drug-likeness (QED) is 0.127. The van der Waals surface area contributed by atoms with E-state index in [1.807, 2.05) is 18.5 Å². The van der Waals surface area contributed by atoms with Gasteiger partial charge in [-0.25, -0.2) is 0 Å². The highest BCUT2D eigenvalue weighted by molar-refractivity contribution is 6.34. The van der Waals surface area contributed by atoms with Gasteiger partial charge in [0.15, 0.2) is 0 Å². The van der Waals surface area contributed by atoms with Crippen LogP contribution in [0.1, 0.15) is 107 Å². The van der Waals surface area contributed by atoms with Crippen molar-refractivity contribution >= 4 is 86.4 Å². The van der Waals surface area contributed by atoms with E-state index in [1.54, 1.807) is 11.1 Å². The van der Waals surface area contributed by atoms with Gasteiger partial charge in [-0.05, 0) is 223 Å². The largest absolute Gasteiger partial charge is 0.254 e. The summed E-state index contributed by atoms with van der Waals surface area (Å²) in [4.78, 5) is 9.74. The molecule has 77 heavy (non-hydrogen) atoms. The number of hydrogen-bond donors (Lipinski definition) is 0. The molecule has 0 N–H and O–H groups in total. The maximum Gasteiger partial charge on any atom is 0.0970 e. The van der Waals surface area contributed by atoms with Crippen LogP contribution in [0.3, 0.4) is 0 Å². The second-order valence-electron chi connectivity index (χ2n) is 25.4. The van der Waals surface area contributed by atoms with Gasteiger partial charge in [0.25, 0.3) is 0 Å². The van der Waals surface area contributed by atoms with Crippen molar-refractivity contribution in [2.75, 3.05) is 0 Å². The fourth-order valence-corrected chi connectivity index (χ4v) is 16.0. The Morgan fingerprint density at radius 2 is 0.935 bits per heavy atom. The van der Waals surface area contributed by atoms with Crippen molar-refractivity contribution in [3.8, 4) is 33.4 Å². The molecule has 2 aromatic heterocycles. The van der Waals surface area contributed by atoms with Crippen molar-refractivity contribution < 1.29 is 0 Å². The zero-order valence-electron chi connectivity index (χ0n) is 45.2. The van der Waals surface area contributed by atoms with Crippen molar-refractivity contribution in [2.24, 2.45) is 0 Å². The summed E-state index contributed by atoms with van der Waals surface area (Å²) in [5.41, 5.74) is 19.3. The average molecular weight is 991 g/mol. The van der Waals surface area contributed by atoms with Crippen LogP contribution in [0.4, 0.5) is 0 Å². The molecule has 2 heteroatoms. The van der Waals surface area contributed by atoms with Crippen LogP contribution in [-0.2, 0) is 28.1 Å². The molecular formula is C75H62N2. The van der Waals surface area contributed by atoms with Crippen molar-refractivity contribution in [3.63, 3.8) is 0 Å².